The SMILES string of the molecule is C=C(c1ncc(C(F)(F)F)cc1CN(Cc1cc(C(F)(F)F)cc(C(F)(F)F)c1)/C(N)=N/N(C)N)C1CCCCC1. The number of guanidine groups is 1. The van der Waals surface area contributed by atoms with Gasteiger partial charge in [0.15, 0.2) is 0 Å². The second kappa shape index (κ2) is 12.2. The summed E-state index contributed by atoms with van der Waals surface area (Å²) in [4.78, 5) is 5.06. The number of allylic oxidation sites excluding steroid dienone is 1. The van der Waals surface area contributed by atoms with Crippen molar-refractivity contribution >= 4 is 11.5 Å². The molecule has 0 saturated heterocycles. The summed E-state index contributed by atoms with van der Waals surface area (Å²) >= 11 is 0. The molecule has 3 rings (SSSR count). The van der Waals surface area contributed by atoms with Crippen molar-refractivity contribution in [2.75, 3.05) is 7.05 Å². The molecule has 6 nitrogen and oxygen atoms in total. The fraction of sp³-hybridized carbons (Fsp3) is 0.462. The van der Waals surface area contributed by atoms with Crippen molar-refractivity contribution in [3.63, 3.8) is 0 Å². The van der Waals surface area contributed by atoms with Gasteiger partial charge in [0.05, 0.1) is 22.4 Å². The molecule has 1 saturated carbocycles. The topological polar surface area (TPSA) is 83.8 Å². The second-order valence-electron chi connectivity index (χ2n) is 9.89. The van der Waals surface area contributed by atoms with Gasteiger partial charge in [-0.2, -0.15) is 39.5 Å². The Kier molecular flexibility index (Phi) is 9.51. The van der Waals surface area contributed by atoms with Crippen LogP contribution in [-0.4, -0.2) is 28.0 Å². The minimum absolute atomic E-state index is 0.0259. The molecule has 0 amide bonds. The molecule has 15 heteroatoms. The summed E-state index contributed by atoms with van der Waals surface area (Å²) in [5.41, 5.74) is 1.93. The average molecular weight is 597 g/mol. The zero-order chi connectivity index (χ0) is 30.8. The van der Waals surface area contributed by atoms with Crippen molar-refractivity contribution in [1.82, 2.24) is 15.0 Å². The molecule has 1 aliphatic rings. The van der Waals surface area contributed by atoms with Crippen LogP contribution in [0.2, 0.25) is 0 Å². The quantitative estimate of drug-likeness (QED) is 0.121. The first kappa shape index (κ1) is 32.0. The maximum Gasteiger partial charge on any atom is 0.417 e. The molecule has 0 atom stereocenters. The van der Waals surface area contributed by atoms with E-state index in [1.807, 2.05) is 0 Å². The Morgan fingerprint density at radius 2 is 1.41 bits per heavy atom. The third-order valence-corrected chi connectivity index (χ3v) is 6.66. The highest BCUT2D eigenvalue weighted by molar-refractivity contribution is 5.78. The number of pyridine rings is 1. The van der Waals surface area contributed by atoms with E-state index in [2.05, 4.69) is 16.7 Å². The van der Waals surface area contributed by atoms with Crippen LogP contribution in [0.3, 0.4) is 0 Å². The highest BCUT2D eigenvalue weighted by Crippen LogP contribution is 2.39. The molecule has 1 fully saturated rings. The lowest BCUT2D eigenvalue weighted by molar-refractivity contribution is -0.143. The van der Waals surface area contributed by atoms with Crippen LogP contribution in [0.1, 0.15) is 65.6 Å². The smallest absolute Gasteiger partial charge is 0.368 e. The molecular weight excluding hydrogens is 567 g/mol. The van der Waals surface area contributed by atoms with E-state index in [1.165, 1.54) is 7.05 Å². The number of alkyl halides is 9. The number of halogens is 9. The van der Waals surface area contributed by atoms with Crippen molar-refractivity contribution < 1.29 is 39.5 Å². The molecule has 226 valence electrons. The lowest BCUT2D eigenvalue weighted by Gasteiger charge is -2.28. The Bertz CT molecular complexity index is 1230. The van der Waals surface area contributed by atoms with Gasteiger partial charge in [0.2, 0.25) is 5.96 Å². The summed E-state index contributed by atoms with van der Waals surface area (Å²) in [6.45, 7) is 2.88. The lowest BCUT2D eigenvalue weighted by Crippen LogP contribution is -2.39. The fourth-order valence-electron chi connectivity index (χ4n) is 4.70. The van der Waals surface area contributed by atoms with Crippen LogP contribution < -0.4 is 11.6 Å². The van der Waals surface area contributed by atoms with Crippen molar-refractivity contribution in [3.05, 3.63) is 70.6 Å². The van der Waals surface area contributed by atoms with Gasteiger partial charge in [-0.1, -0.05) is 25.8 Å². The standard InChI is InChI=1S/C26H29F9N6/c1-15(17-6-4-3-5-7-17)22-18(10-21(12-38-22)26(33,34)35)14-41(23(36)39-40(2)37)13-16-8-19(24(27,28)29)11-20(9-16)25(30,31)32/h8-12,17H,1,3-7,13-14,37H2,2H3,(H2,36,39). The molecule has 2 aromatic rings. The largest absolute Gasteiger partial charge is 0.417 e. The molecule has 1 aromatic carbocycles. The number of nitrogens with zero attached hydrogens (tertiary/aromatic N) is 4. The highest BCUT2D eigenvalue weighted by Gasteiger charge is 2.37. The van der Waals surface area contributed by atoms with Crippen molar-refractivity contribution in [2.24, 2.45) is 22.6 Å². The van der Waals surface area contributed by atoms with E-state index in [-0.39, 0.29) is 23.2 Å². The normalized spacial score (nSPS) is 15.6. The lowest BCUT2D eigenvalue weighted by atomic mass is 9.82. The van der Waals surface area contributed by atoms with Gasteiger partial charge < -0.3 is 10.6 Å². The summed E-state index contributed by atoms with van der Waals surface area (Å²) in [6.07, 6.45) is -10.0. The monoisotopic (exact) mass is 596 g/mol. The maximum absolute atomic E-state index is 13.6. The molecule has 0 aliphatic heterocycles. The van der Waals surface area contributed by atoms with Crippen LogP contribution in [-0.2, 0) is 31.6 Å². The molecule has 0 spiro atoms. The van der Waals surface area contributed by atoms with E-state index < -0.39 is 59.8 Å². The number of benzene rings is 1. The van der Waals surface area contributed by atoms with Crippen LogP contribution in [0.4, 0.5) is 39.5 Å². The van der Waals surface area contributed by atoms with Gasteiger partial charge in [0, 0.05) is 26.3 Å². The minimum atomic E-state index is -5.10. The molecule has 1 aliphatic carbocycles. The first-order valence-electron chi connectivity index (χ1n) is 12.5. The summed E-state index contributed by atoms with van der Waals surface area (Å²) in [5.74, 6) is 4.98. The Morgan fingerprint density at radius 1 is 0.878 bits per heavy atom. The number of hydrazine groups is 1. The van der Waals surface area contributed by atoms with Crippen molar-refractivity contribution in [1.29, 1.82) is 0 Å². The summed E-state index contributed by atoms with van der Waals surface area (Å²) in [6, 6.07) is 1.81. The second-order valence-corrected chi connectivity index (χ2v) is 9.89. The number of hydrogen-bond acceptors (Lipinski definition) is 4. The van der Waals surface area contributed by atoms with Gasteiger partial charge in [-0.05, 0) is 59.7 Å². The fourth-order valence-corrected chi connectivity index (χ4v) is 4.70. The molecule has 4 N–H and O–H groups in total. The van der Waals surface area contributed by atoms with Crippen LogP contribution in [0.15, 0.2) is 42.1 Å². The zero-order valence-electron chi connectivity index (χ0n) is 22.0. The summed E-state index contributed by atoms with van der Waals surface area (Å²) < 4.78 is 122. The maximum atomic E-state index is 13.6. The summed E-state index contributed by atoms with van der Waals surface area (Å²) in [7, 11) is 1.25. The van der Waals surface area contributed by atoms with Gasteiger partial charge in [-0.25, -0.2) is 11.0 Å². The van der Waals surface area contributed by atoms with Crippen molar-refractivity contribution in [3.8, 4) is 0 Å². The minimum Gasteiger partial charge on any atom is -0.368 e. The van der Waals surface area contributed by atoms with Crippen LogP contribution in [0.25, 0.3) is 5.57 Å². The first-order chi connectivity index (χ1) is 18.9. The van der Waals surface area contributed by atoms with Crippen LogP contribution >= 0.6 is 0 Å². The van der Waals surface area contributed by atoms with Crippen LogP contribution in [0, 0.1) is 5.92 Å². The Hall–Kier alpha value is -3.49. The number of nitrogens with two attached hydrogens (primary N) is 2. The molecule has 41 heavy (non-hydrogen) atoms. The number of rotatable bonds is 7. The van der Waals surface area contributed by atoms with Gasteiger partial charge >= 0.3 is 18.5 Å². The van der Waals surface area contributed by atoms with E-state index in [0.717, 1.165) is 48.2 Å². The van der Waals surface area contributed by atoms with E-state index >= 15 is 0 Å². The van der Waals surface area contributed by atoms with E-state index in [0.29, 0.717) is 23.9 Å². The first-order valence-corrected chi connectivity index (χ1v) is 12.5. The van der Waals surface area contributed by atoms with E-state index in [4.69, 9.17) is 11.6 Å². The van der Waals surface area contributed by atoms with E-state index in [1.54, 1.807) is 0 Å². The Labute approximate surface area is 230 Å². The predicted octanol–water partition coefficient (Wildman–Crippen LogP) is 6.77. The highest BCUT2D eigenvalue weighted by atomic mass is 19.4. The molecule has 1 aromatic heterocycles. The average Bonchev–Trinajstić information content (AvgIpc) is 2.86. The van der Waals surface area contributed by atoms with Crippen LogP contribution in [0.5, 0.6) is 0 Å². The Morgan fingerprint density at radius 3 is 1.90 bits per heavy atom. The number of aromatic nitrogens is 1. The summed E-state index contributed by atoms with van der Waals surface area (Å²) in [5, 5.41) is 4.51. The third-order valence-electron chi connectivity index (χ3n) is 6.66. The van der Waals surface area contributed by atoms with Gasteiger partial charge in [-0.3, -0.25) is 4.98 Å². The molecule has 0 radical (unpaired) electrons. The molecule has 0 bridgehead atoms. The Balaban J connectivity index is 2.12. The van der Waals surface area contributed by atoms with Gasteiger partial charge in [0.1, 0.15) is 0 Å². The van der Waals surface area contributed by atoms with Gasteiger partial charge in [0.25, 0.3) is 0 Å². The molecule has 1 heterocycles. The number of hydrazone groups is 1. The molecular formula is C26H29F9N6. The predicted molar refractivity (Wildman–Crippen MR) is 134 cm³/mol. The molecule has 0 unspecified atom stereocenters. The van der Waals surface area contributed by atoms with E-state index in [9.17, 15) is 39.5 Å². The third kappa shape index (κ3) is 8.50. The van der Waals surface area contributed by atoms with Gasteiger partial charge in [-0.15, -0.1) is 5.10 Å². The number of hydrogen-bond donors (Lipinski definition) is 2. The zero-order valence-corrected chi connectivity index (χ0v) is 22.0. The van der Waals surface area contributed by atoms with Crippen molar-refractivity contribution in [2.45, 2.75) is 63.7 Å².